The second kappa shape index (κ2) is 9.95. The molecule has 3 aromatic carbocycles. The Morgan fingerprint density at radius 1 is 0.941 bits per heavy atom. The maximum Gasteiger partial charge on any atom is 0.418 e. The minimum absolute atomic E-state index is 0.0777. The third kappa shape index (κ3) is 5.36. The lowest BCUT2D eigenvalue weighted by atomic mass is 9.99. The van der Waals surface area contributed by atoms with Crippen LogP contribution in [0.4, 0.5) is 13.2 Å². The van der Waals surface area contributed by atoms with Crippen LogP contribution in [0.3, 0.4) is 0 Å². The zero-order valence-electron chi connectivity index (χ0n) is 18.4. The van der Waals surface area contributed by atoms with Crippen LogP contribution in [0.2, 0.25) is 0 Å². The van der Waals surface area contributed by atoms with Crippen molar-refractivity contribution in [3.63, 3.8) is 0 Å². The monoisotopic (exact) mass is 465 g/mol. The molecule has 0 N–H and O–H groups in total. The summed E-state index contributed by atoms with van der Waals surface area (Å²) in [5.41, 5.74) is 2.54. The zero-order chi connectivity index (χ0) is 24.1. The van der Waals surface area contributed by atoms with Crippen LogP contribution in [-0.4, -0.2) is 18.1 Å². The van der Waals surface area contributed by atoms with Gasteiger partial charge in [0.25, 0.3) is 0 Å². The van der Waals surface area contributed by atoms with Crippen molar-refractivity contribution in [3.8, 4) is 16.9 Å². The molecule has 0 aliphatic heterocycles. The van der Waals surface area contributed by atoms with E-state index in [-0.39, 0.29) is 11.5 Å². The zero-order valence-corrected chi connectivity index (χ0v) is 18.4. The molecule has 34 heavy (non-hydrogen) atoms. The van der Waals surface area contributed by atoms with Gasteiger partial charge in [-0.05, 0) is 52.9 Å². The topological polar surface area (TPSA) is 48.4 Å². The van der Waals surface area contributed by atoms with Gasteiger partial charge in [-0.25, -0.2) is 0 Å². The molecular formula is C27H22F3NO3. The minimum atomic E-state index is -4.48. The molecule has 0 bridgehead atoms. The first-order valence-corrected chi connectivity index (χ1v) is 10.7. The van der Waals surface area contributed by atoms with E-state index in [1.165, 1.54) is 19.4 Å². The van der Waals surface area contributed by atoms with E-state index >= 15 is 0 Å². The van der Waals surface area contributed by atoms with Crippen molar-refractivity contribution in [3.05, 3.63) is 95.7 Å². The van der Waals surface area contributed by atoms with Crippen LogP contribution in [0.5, 0.6) is 5.75 Å². The second-order valence-electron chi connectivity index (χ2n) is 7.77. The summed E-state index contributed by atoms with van der Waals surface area (Å²) in [6.45, 7) is 0.329. The standard InChI is InChI=1S/C27H22F3NO3/c1-33-25(32)13-12-18-8-10-19(11-9-18)17-34-21-5-2-4-20(16-21)22-14-15-31-26-23(22)6-3-7-24(26)27(28,29)30/h2-11,14-16H,12-13,17H2,1H3. The summed E-state index contributed by atoms with van der Waals surface area (Å²) in [4.78, 5) is 15.3. The number of carbonyl (C=O) groups is 1. The summed E-state index contributed by atoms with van der Waals surface area (Å²) >= 11 is 0. The van der Waals surface area contributed by atoms with Gasteiger partial charge in [-0.2, -0.15) is 13.2 Å². The lowest BCUT2D eigenvalue weighted by molar-refractivity contribution is -0.140. The van der Waals surface area contributed by atoms with Gasteiger partial charge in [0.15, 0.2) is 0 Å². The summed E-state index contributed by atoms with van der Waals surface area (Å²) in [7, 11) is 1.37. The highest BCUT2D eigenvalue weighted by Gasteiger charge is 2.33. The largest absolute Gasteiger partial charge is 0.489 e. The van der Waals surface area contributed by atoms with Gasteiger partial charge in [0.2, 0.25) is 0 Å². The Morgan fingerprint density at radius 2 is 1.68 bits per heavy atom. The first-order chi connectivity index (χ1) is 16.3. The molecule has 0 atom stereocenters. The van der Waals surface area contributed by atoms with E-state index in [2.05, 4.69) is 9.72 Å². The van der Waals surface area contributed by atoms with Crippen molar-refractivity contribution >= 4 is 16.9 Å². The third-order valence-electron chi connectivity index (χ3n) is 5.50. The number of hydrogen-bond acceptors (Lipinski definition) is 4. The molecule has 1 aromatic heterocycles. The first kappa shape index (κ1) is 23.3. The summed E-state index contributed by atoms with van der Waals surface area (Å²) in [5.74, 6) is 0.355. The maximum absolute atomic E-state index is 13.4. The number of fused-ring (bicyclic) bond motifs is 1. The van der Waals surface area contributed by atoms with E-state index < -0.39 is 11.7 Å². The molecule has 0 spiro atoms. The quantitative estimate of drug-likeness (QED) is 0.288. The molecule has 0 amide bonds. The van der Waals surface area contributed by atoms with Crippen molar-refractivity contribution in [2.45, 2.75) is 25.6 Å². The predicted octanol–water partition coefficient (Wildman–Crippen LogP) is 6.61. The Labute approximate surface area is 195 Å². The van der Waals surface area contributed by atoms with E-state index in [0.717, 1.165) is 22.8 Å². The maximum atomic E-state index is 13.4. The van der Waals surface area contributed by atoms with E-state index in [0.29, 0.717) is 36.1 Å². The van der Waals surface area contributed by atoms with Crippen LogP contribution in [0.15, 0.2) is 79.0 Å². The van der Waals surface area contributed by atoms with Crippen LogP contribution in [0.25, 0.3) is 22.0 Å². The summed E-state index contributed by atoms with van der Waals surface area (Å²) in [6.07, 6.45) is -2.16. The molecule has 0 saturated carbocycles. The average Bonchev–Trinajstić information content (AvgIpc) is 2.85. The van der Waals surface area contributed by atoms with Crippen molar-refractivity contribution in [1.82, 2.24) is 4.98 Å². The van der Waals surface area contributed by atoms with E-state index in [1.807, 2.05) is 30.3 Å². The fourth-order valence-electron chi connectivity index (χ4n) is 3.73. The SMILES string of the molecule is COC(=O)CCc1ccc(COc2cccc(-c3ccnc4c(C(F)(F)F)cccc34)c2)cc1. The van der Waals surface area contributed by atoms with Gasteiger partial charge in [0, 0.05) is 18.0 Å². The highest BCUT2D eigenvalue weighted by molar-refractivity contribution is 5.96. The molecule has 0 aliphatic carbocycles. The number of pyridine rings is 1. The van der Waals surface area contributed by atoms with Gasteiger partial charge >= 0.3 is 12.1 Å². The Morgan fingerprint density at radius 3 is 2.41 bits per heavy atom. The van der Waals surface area contributed by atoms with Gasteiger partial charge in [-0.3, -0.25) is 9.78 Å². The molecule has 0 saturated heterocycles. The van der Waals surface area contributed by atoms with Crippen LogP contribution < -0.4 is 4.74 Å². The van der Waals surface area contributed by atoms with Crippen LogP contribution >= 0.6 is 0 Å². The van der Waals surface area contributed by atoms with Crippen LogP contribution in [-0.2, 0) is 28.7 Å². The molecule has 4 aromatic rings. The van der Waals surface area contributed by atoms with Crippen LogP contribution in [0.1, 0.15) is 23.1 Å². The summed E-state index contributed by atoms with van der Waals surface area (Å²) in [5, 5.41) is 0.428. The number of ether oxygens (including phenoxy) is 2. The van der Waals surface area contributed by atoms with Gasteiger partial charge in [-0.1, -0.05) is 48.5 Å². The molecule has 0 radical (unpaired) electrons. The number of para-hydroxylation sites is 1. The Hall–Kier alpha value is -3.87. The second-order valence-corrected chi connectivity index (χ2v) is 7.77. The number of alkyl halides is 3. The van der Waals surface area contributed by atoms with Gasteiger partial charge in [0.05, 0.1) is 18.2 Å². The lowest BCUT2D eigenvalue weighted by Gasteiger charge is -2.13. The predicted molar refractivity (Wildman–Crippen MR) is 123 cm³/mol. The molecule has 4 nitrogen and oxygen atoms in total. The van der Waals surface area contributed by atoms with Crippen molar-refractivity contribution in [1.29, 1.82) is 0 Å². The number of carbonyl (C=O) groups excluding carboxylic acids is 1. The van der Waals surface area contributed by atoms with E-state index in [4.69, 9.17) is 4.74 Å². The fraction of sp³-hybridized carbons (Fsp3) is 0.185. The molecule has 0 aliphatic rings. The van der Waals surface area contributed by atoms with Crippen molar-refractivity contribution in [2.24, 2.45) is 0 Å². The number of halogens is 3. The molecule has 0 unspecified atom stereocenters. The van der Waals surface area contributed by atoms with Crippen molar-refractivity contribution < 1.29 is 27.4 Å². The van der Waals surface area contributed by atoms with Gasteiger partial charge < -0.3 is 9.47 Å². The van der Waals surface area contributed by atoms with Crippen molar-refractivity contribution in [2.75, 3.05) is 7.11 Å². The van der Waals surface area contributed by atoms with Gasteiger partial charge in [0.1, 0.15) is 12.4 Å². The molecular weight excluding hydrogens is 443 g/mol. The Kier molecular flexibility index (Phi) is 6.82. The summed E-state index contributed by atoms with van der Waals surface area (Å²) in [6, 6.07) is 20.8. The minimum Gasteiger partial charge on any atom is -0.489 e. The number of nitrogens with zero attached hydrogens (tertiary/aromatic N) is 1. The molecule has 7 heteroatoms. The number of hydrogen-bond donors (Lipinski definition) is 0. The highest BCUT2D eigenvalue weighted by atomic mass is 19.4. The number of esters is 1. The number of rotatable bonds is 7. The molecule has 1 heterocycles. The fourth-order valence-corrected chi connectivity index (χ4v) is 3.73. The van der Waals surface area contributed by atoms with Crippen LogP contribution in [0, 0.1) is 0 Å². The molecule has 174 valence electrons. The number of benzene rings is 3. The smallest absolute Gasteiger partial charge is 0.418 e. The Balaban J connectivity index is 1.51. The first-order valence-electron chi connectivity index (χ1n) is 10.7. The Bertz CT molecular complexity index is 1300. The lowest BCUT2D eigenvalue weighted by Crippen LogP contribution is -2.06. The number of methoxy groups -OCH3 is 1. The summed E-state index contributed by atoms with van der Waals surface area (Å²) < 4.78 is 50.8. The third-order valence-corrected chi connectivity index (χ3v) is 5.50. The molecule has 0 fully saturated rings. The van der Waals surface area contributed by atoms with Gasteiger partial charge in [-0.15, -0.1) is 0 Å². The number of aromatic nitrogens is 1. The molecule has 4 rings (SSSR count). The normalized spacial score (nSPS) is 11.4. The van der Waals surface area contributed by atoms with E-state index in [9.17, 15) is 18.0 Å². The highest BCUT2D eigenvalue weighted by Crippen LogP contribution is 2.37. The number of aryl methyl sites for hydroxylation is 1. The van der Waals surface area contributed by atoms with E-state index in [1.54, 1.807) is 30.3 Å². The average molecular weight is 465 g/mol.